The molecule has 222 valence electrons. The van der Waals surface area contributed by atoms with Gasteiger partial charge in [0, 0.05) is 56.9 Å². The molecule has 1 fully saturated rings. The number of sulfone groups is 1. The highest BCUT2D eigenvalue weighted by Gasteiger charge is 2.23. The fraction of sp³-hybridized carbons (Fsp3) is 0.321. The van der Waals surface area contributed by atoms with E-state index >= 15 is 0 Å². The van der Waals surface area contributed by atoms with Gasteiger partial charge in [-0.2, -0.15) is 0 Å². The Labute approximate surface area is 243 Å². The van der Waals surface area contributed by atoms with Gasteiger partial charge in [-0.15, -0.1) is 0 Å². The van der Waals surface area contributed by atoms with Gasteiger partial charge in [-0.3, -0.25) is 20.0 Å². The van der Waals surface area contributed by atoms with Crippen molar-refractivity contribution in [2.45, 2.75) is 6.92 Å². The van der Waals surface area contributed by atoms with Gasteiger partial charge >= 0.3 is 5.95 Å². The van der Waals surface area contributed by atoms with Gasteiger partial charge in [-0.25, -0.2) is 17.8 Å². The highest BCUT2D eigenvalue weighted by atomic mass is 32.2. The number of rotatable bonds is 10. The molecule has 1 aliphatic heterocycles. The third kappa shape index (κ3) is 6.39. The summed E-state index contributed by atoms with van der Waals surface area (Å²) in [5, 5.41) is 7.03. The highest BCUT2D eigenvalue weighted by molar-refractivity contribution is 7.90. The number of nitrogens with zero attached hydrogens (tertiary/aromatic N) is 3. The number of nitrogens with one attached hydrogen (secondary N) is 4. The molecule has 1 amide bonds. The standard InChI is InChI=1S/C28H33FN8O4S/c1-17-15-21(23(41-2)16-22(17)37-11-9-36(10-12-37)13-14-42(3,39)40)33-28-34-26-18(7-8-31-26)27(35-28)32-20-6-4-5-19(29)24(20)25(30)38/h4-8,15-16H,9-14H2,1-3H3,(H2,30,38)(H3,31,32,33,34,35)/p+1. The van der Waals surface area contributed by atoms with E-state index in [2.05, 4.69) is 35.4 Å². The molecule has 1 aliphatic rings. The predicted octanol–water partition coefficient (Wildman–Crippen LogP) is 2.59. The summed E-state index contributed by atoms with van der Waals surface area (Å²) in [5.74, 6) is -0.110. The Kier molecular flexibility index (Phi) is 8.18. The van der Waals surface area contributed by atoms with Crippen molar-refractivity contribution in [1.29, 1.82) is 0 Å². The average Bonchev–Trinajstić information content (AvgIpc) is 3.41. The van der Waals surface area contributed by atoms with Crippen LogP contribution in [-0.4, -0.2) is 81.0 Å². The van der Waals surface area contributed by atoms with Gasteiger partial charge in [0.2, 0.25) is 11.5 Å². The van der Waals surface area contributed by atoms with Gasteiger partial charge in [-0.05, 0) is 36.8 Å². The summed E-state index contributed by atoms with van der Waals surface area (Å²) < 4.78 is 43.2. The lowest BCUT2D eigenvalue weighted by atomic mass is 10.1. The van der Waals surface area contributed by atoms with Crippen LogP contribution in [0.4, 0.5) is 33.2 Å². The lowest BCUT2D eigenvalue weighted by Crippen LogP contribution is -2.47. The zero-order chi connectivity index (χ0) is 30.0. The number of H-pyrrole nitrogens is 2. The topological polar surface area (TPSA) is 160 Å². The van der Waals surface area contributed by atoms with Crippen molar-refractivity contribution >= 4 is 55.6 Å². The normalized spacial score (nSPS) is 14.2. The largest absolute Gasteiger partial charge is 0.493 e. The number of piperazine rings is 1. The van der Waals surface area contributed by atoms with E-state index in [-0.39, 0.29) is 17.0 Å². The summed E-state index contributed by atoms with van der Waals surface area (Å²) in [6.07, 6.45) is 3.00. The number of aryl methyl sites for hydroxylation is 1. The number of aromatic amines is 2. The Morgan fingerprint density at radius 2 is 1.93 bits per heavy atom. The summed E-state index contributed by atoms with van der Waals surface area (Å²) in [7, 11) is -1.40. The predicted molar refractivity (Wildman–Crippen MR) is 160 cm³/mol. The third-order valence-corrected chi connectivity index (χ3v) is 8.17. The molecule has 0 spiro atoms. The van der Waals surface area contributed by atoms with E-state index in [1.807, 2.05) is 19.1 Å². The molecular weight excluding hydrogens is 563 g/mol. The van der Waals surface area contributed by atoms with Crippen molar-refractivity contribution in [3.63, 3.8) is 0 Å². The van der Waals surface area contributed by atoms with E-state index in [4.69, 9.17) is 10.5 Å². The number of primary amides is 1. The van der Waals surface area contributed by atoms with Crippen LogP contribution in [0.25, 0.3) is 11.0 Å². The summed E-state index contributed by atoms with van der Waals surface area (Å²) in [5.41, 5.74) is 8.75. The second-order valence-corrected chi connectivity index (χ2v) is 12.5. The van der Waals surface area contributed by atoms with Crippen LogP contribution in [0.5, 0.6) is 5.75 Å². The van der Waals surface area contributed by atoms with Gasteiger partial charge < -0.3 is 20.7 Å². The average molecular weight is 598 g/mol. The van der Waals surface area contributed by atoms with Crippen LogP contribution in [0, 0.1) is 12.7 Å². The number of benzene rings is 2. The van der Waals surface area contributed by atoms with Crippen LogP contribution < -0.4 is 31.0 Å². The first-order valence-corrected chi connectivity index (χ1v) is 15.4. The van der Waals surface area contributed by atoms with Gasteiger partial charge in [0.25, 0.3) is 5.91 Å². The van der Waals surface area contributed by atoms with Gasteiger partial charge in [0.15, 0.2) is 5.75 Å². The molecule has 2 aromatic heterocycles. The lowest BCUT2D eigenvalue weighted by molar-refractivity contribution is -0.333. The highest BCUT2D eigenvalue weighted by Crippen LogP contribution is 2.35. The number of methoxy groups -OCH3 is 1. The number of halogens is 1. The molecule has 0 aliphatic carbocycles. The number of ether oxygens (including phenoxy) is 1. The molecule has 3 heterocycles. The van der Waals surface area contributed by atoms with Crippen molar-refractivity contribution in [3.8, 4) is 5.75 Å². The molecule has 12 nitrogen and oxygen atoms in total. The van der Waals surface area contributed by atoms with E-state index in [1.165, 1.54) is 18.4 Å². The zero-order valence-electron chi connectivity index (χ0n) is 23.6. The second kappa shape index (κ2) is 11.8. The molecule has 42 heavy (non-hydrogen) atoms. The fourth-order valence-corrected chi connectivity index (χ4v) is 5.66. The second-order valence-electron chi connectivity index (χ2n) is 10.3. The van der Waals surface area contributed by atoms with Gasteiger partial charge in [-0.1, -0.05) is 11.1 Å². The van der Waals surface area contributed by atoms with E-state index in [1.54, 1.807) is 25.4 Å². The third-order valence-electron chi connectivity index (χ3n) is 7.24. The number of amides is 1. The van der Waals surface area contributed by atoms with Crippen molar-refractivity contribution in [2.75, 3.05) is 67.4 Å². The lowest BCUT2D eigenvalue weighted by Gasteiger charge is -2.37. The minimum Gasteiger partial charge on any atom is -0.493 e. The fourth-order valence-electron chi connectivity index (χ4n) is 5.07. The first-order chi connectivity index (χ1) is 20.0. The van der Waals surface area contributed by atoms with Crippen LogP contribution in [0.15, 0.2) is 42.6 Å². The van der Waals surface area contributed by atoms with E-state index < -0.39 is 21.6 Å². The molecule has 0 bridgehead atoms. The van der Waals surface area contributed by atoms with Crippen molar-refractivity contribution in [3.05, 3.63) is 59.5 Å². The van der Waals surface area contributed by atoms with E-state index in [9.17, 15) is 17.6 Å². The maximum atomic E-state index is 14.4. The van der Waals surface area contributed by atoms with Crippen molar-refractivity contribution < 1.29 is 27.3 Å². The molecular formula is C28H34FN8O4S+. The van der Waals surface area contributed by atoms with Crippen LogP contribution in [0.1, 0.15) is 15.9 Å². The summed E-state index contributed by atoms with van der Waals surface area (Å²) in [4.78, 5) is 27.4. The zero-order valence-corrected chi connectivity index (χ0v) is 24.4. The maximum Gasteiger partial charge on any atom is 0.351 e. The SMILES string of the molecule is COc1cc(N2CCN(CCS(C)(=O)=O)CC2)c(C)cc1Nc1nc(Nc2cccc(F)c2C(N)=O)c2cc[nH]c2[nH+]1. The van der Waals surface area contributed by atoms with Crippen LogP contribution in [-0.2, 0) is 9.84 Å². The van der Waals surface area contributed by atoms with E-state index in [0.29, 0.717) is 40.8 Å². The number of carbonyl (C=O) groups is 1. The van der Waals surface area contributed by atoms with Gasteiger partial charge in [0.05, 0.1) is 29.5 Å². The summed E-state index contributed by atoms with van der Waals surface area (Å²) in [6.45, 7) is 5.62. The van der Waals surface area contributed by atoms with Crippen molar-refractivity contribution in [2.24, 2.45) is 5.73 Å². The molecule has 0 atom stereocenters. The molecule has 0 radical (unpaired) electrons. The molecule has 5 rings (SSSR count). The van der Waals surface area contributed by atoms with Gasteiger partial charge in [0.1, 0.15) is 21.3 Å². The number of anilines is 5. The summed E-state index contributed by atoms with van der Waals surface area (Å²) >= 11 is 0. The van der Waals surface area contributed by atoms with Crippen LogP contribution in [0.2, 0.25) is 0 Å². The molecule has 4 aromatic rings. The number of aromatic nitrogens is 3. The number of carbonyl (C=O) groups excluding carboxylic acids is 1. The number of hydrogen-bond donors (Lipinski definition) is 4. The molecule has 6 N–H and O–H groups in total. The molecule has 14 heteroatoms. The smallest absolute Gasteiger partial charge is 0.351 e. The van der Waals surface area contributed by atoms with E-state index in [0.717, 1.165) is 37.4 Å². The molecule has 2 aromatic carbocycles. The van der Waals surface area contributed by atoms with Crippen LogP contribution >= 0.6 is 0 Å². The summed E-state index contributed by atoms with van der Waals surface area (Å²) in [6, 6.07) is 9.97. The minimum absolute atomic E-state index is 0.158. The Morgan fingerprint density at radius 1 is 1.17 bits per heavy atom. The maximum absolute atomic E-state index is 14.4. The molecule has 0 unspecified atom stereocenters. The number of nitrogens with two attached hydrogens (primary N) is 1. The first kappa shape index (κ1) is 29.1. The quantitative estimate of drug-likeness (QED) is 0.215. The number of fused-ring (bicyclic) bond motifs is 1. The molecule has 0 saturated carbocycles. The Balaban J connectivity index is 1.39. The van der Waals surface area contributed by atoms with Crippen LogP contribution in [0.3, 0.4) is 0 Å². The minimum atomic E-state index is -3.00. The Bertz CT molecular complexity index is 1740. The monoisotopic (exact) mass is 597 g/mol. The molecule has 1 saturated heterocycles. The first-order valence-electron chi connectivity index (χ1n) is 13.4. The number of hydrogen-bond acceptors (Lipinski definition) is 9. The Hall–Kier alpha value is -4.43. The van der Waals surface area contributed by atoms with Crippen molar-refractivity contribution in [1.82, 2.24) is 14.9 Å². The Morgan fingerprint density at radius 3 is 2.62 bits per heavy atom.